The van der Waals surface area contributed by atoms with E-state index in [1.54, 1.807) is 24.1 Å². The Hall–Kier alpha value is -3.87. The van der Waals surface area contributed by atoms with Crippen LogP contribution in [0.4, 0.5) is 0 Å². The first kappa shape index (κ1) is 26.4. The lowest BCUT2D eigenvalue weighted by Crippen LogP contribution is -2.42. The minimum Gasteiger partial charge on any atom is -0.496 e. The van der Waals surface area contributed by atoms with Gasteiger partial charge in [0.15, 0.2) is 0 Å². The number of hydrogen-bond acceptors (Lipinski definition) is 10. The molecule has 208 valence electrons. The first-order chi connectivity index (χ1) is 19.5. The van der Waals surface area contributed by atoms with Crippen molar-refractivity contribution < 1.29 is 18.6 Å². The summed E-state index contributed by atoms with van der Waals surface area (Å²) in [5.41, 5.74) is 1.35. The van der Waals surface area contributed by atoms with Gasteiger partial charge in [0.05, 0.1) is 48.5 Å². The average Bonchev–Trinajstić information content (AvgIpc) is 3.75. The Labute approximate surface area is 233 Å². The monoisotopic (exact) mass is 563 g/mol. The molecule has 5 heterocycles. The molecule has 0 aliphatic carbocycles. The number of nitrogens with zero attached hydrogens (tertiary/aromatic N) is 5. The molecule has 1 aromatic carbocycles. The molecule has 0 saturated carbocycles. The van der Waals surface area contributed by atoms with Crippen LogP contribution in [0.3, 0.4) is 0 Å². The van der Waals surface area contributed by atoms with Crippen molar-refractivity contribution in [3.8, 4) is 16.5 Å². The summed E-state index contributed by atoms with van der Waals surface area (Å²) in [5.74, 6) is 1.06. The summed E-state index contributed by atoms with van der Waals surface area (Å²) in [5, 5.41) is 8.46. The van der Waals surface area contributed by atoms with Gasteiger partial charge in [-0.1, -0.05) is 18.2 Å². The van der Waals surface area contributed by atoms with Crippen molar-refractivity contribution >= 4 is 33.5 Å². The Kier molecular flexibility index (Phi) is 7.46. The van der Waals surface area contributed by atoms with Gasteiger partial charge < -0.3 is 18.6 Å². The van der Waals surface area contributed by atoms with Crippen LogP contribution >= 0.6 is 11.3 Å². The number of hydrogen-bond donors (Lipinski definition) is 0. The summed E-state index contributed by atoms with van der Waals surface area (Å²) < 4.78 is 26.3. The molecule has 1 saturated heterocycles. The van der Waals surface area contributed by atoms with Crippen LogP contribution in [-0.2, 0) is 22.6 Å². The minimum atomic E-state index is -0.522. The van der Waals surface area contributed by atoms with Crippen LogP contribution in [0, 0.1) is 6.92 Å². The fourth-order valence-electron chi connectivity index (χ4n) is 5.18. The van der Waals surface area contributed by atoms with Crippen LogP contribution in [0.1, 0.15) is 36.5 Å². The molecular formula is C28H29N5O6S. The van der Waals surface area contributed by atoms with Crippen LogP contribution in [0.15, 0.2) is 60.9 Å². The number of fused-ring (bicyclic) bond motifs is 1. The molecular weight excluding hydrogens is 534 g/mol. The predicted octanol–water partition coefficient (Wildman–Crippen LogP) is 3.96. The summed E-state index contributed by atoms with van der Waals surface area (Å²) in [6.07, 6.45) is 6.14. The number of ether oxygens (including phenoxy) is 3. The zero-order valence-corrected chi connectivity index (χ0v) is 23.1. The number of oxazole rings is 1. The Morgan fingerprint density at radius 2 is 2.00 bits per heavy atom. The first-order valence-electron chi connectivity index (χ1n) is 13.1. The van der Waals surface area contributed by atoms with E-state index in [0.29, 0.717) is 57.6 Å². The quantitative estimate of drug-likeness (QED) is 0.302. The summed E-state index contributed by atoms with van der Waals surface area (Å²) in [6, 6.07) is 7.65. The van der Waals surface area contributed by atoms with Gasteiger partial charge in [0.1, 0.15) is 22.9 Å². The second-order valence-electron chi connectivity index (χ2n) is 9.70. The molecule has 6 rings (SSSR count). The van der Waals surface area contributed by atoms with Gasteiger partial charge in [-0.3, -0.25) is 13.9 Å². The zero-order valence-electron chi connectivity index (χ0n) is 22.2. The fraction of sp³-hybridized carbons (Fsp3) is 0.393. The first-order valence-corrected chi connectivity index (χ1v) is 14.0. The number of aromatic nitrogens is 3. The Morgan fingerprint density at radius 3 is 2.73 bits per heavy atom. The van der Waals surface area contributed by atoms with Crippen molar-refractivity contribution in [2.24, 2.45) is 10.2 Å². The topological polar surface area (TPSA) is 122 Å². The molecule has 0 spiro atoms. The van der Waals surface area contributed by atoms with E-state index in [1.165, 1.54) is 22.2 Å². The molecule has 11 nitrogen and oxygen atoms in total. The molecule has 4 aromatic rings. The molecule has 1 fully saturated rings. The van der Waals surface area contributed by atoms with Crippen molar-refractivity contribution in [3.63, 3.8) is 0 Å². The highest BCUT2D eigenvalue weighted by Crippen LogP contribution is 2.37. The summed E-state index contributed by atoms with van der Waals surface area (Å²) in [4.78, 5) is 33.4. The lowest BCUT2D eigenvalue weighted by molar-refractivity contribution is -0.0753. The lowest BCUT2D eigenvalue weighted by atomic mass is 10.1. The number of methoxy groups -OCH3 is 1. The van der Waals surface area contributed by atoms with Crippen molar-refractivity contribution in [1.82, 2.24) is 14.1 Å². The lowest BCUT2D eigenvalue weighted by Gasteiger charge is -2.29. The third-order valence-corrected chi connectivity index (χ3v) is 8.53. The van der Waals surface area contributed by atoms with E-state index < -0.39 is 11.8 Å². The third kappa shape index (κ3) is 4.93. The van der Waals surface area contributed by atoms with Gasteiger partial charge in [-0.15, -0.1) is 11.3 Å². The van der Waals surface area contributed by atoms with Gasteiger partial charge in [-0.05, 0) is 31.4 Å². The van der Waals surface area contributed by atoms with Gasteiger partial charge >= 0.3 is 5.69 Å². The van der Waals surface area contributed by atoms with Crippen LogP contribution in [0.2, 0.25) is 0 Å². The molecule has 0 amide bonds. The van der Waals surface area contributed by atoms with E-state index in [4.69, 9.17) is 18.6 Å². The Morgan fingerprint density at radius 1 is 1.18 bits per heavy atom. The molecule has 0 radical (unpaired) electrons. The van der Waals surface area contributed by atoms with Gasteiger partial charge in [-0.2, -0.15) is 10.2 Å². The molecule has 3 aromatic heterocycles. The van der Waals surface area contributed by atoms with Crippen LogP contribution < -0.4 is 16.0 Å². The highest BCUT2D eigenvalue weighted by molar-refractivity contribution is 7.22. The molecule has 2 aliphatic heterocycles. The zero-order chi connectivity index (χ0) is 27.6. The van der Waals surface area contributed by atoms with Crippen molar-refractivity contribution in [3.05, 3.63) is 68.7 Å². The molecule has 0 bridgehead atoms. The largest absolute Gasteiger partial charge is 0.496 e. The van der Waals surface area contributed by atoms with E-state index in [-0.39, 0.29) is 24.8 Å². The van der Waals surface area contributed by atoms with Crippen LogP contribution in [0.25, 0.3) is 21.0 Å². The second kappa shape index (κ2) is 11.3. The molecule has 12 heteroatoms. The minimum absolute atomic E-state index is 0.0429. The smallest absolute Gasteiger partial charge is 0.332 e. The van der Waals surface area contributed by atoms with E-state index in [9.17, 15) is 9.59 Å². The van der Waals surface area contributed by atoms with E-state index in [2.05, 4.69) is 15.2 Å². The average molecular weight is 564 g/mol. The molecule has 2 aliphatic rings. The third-order valence-electron chi connectivity index (χ3n) is 7.23. The van der Waals surface area contributed by atoms with Gasteiger partial charge in [0, 0.05) is 31.4 Å². The Balaban J connectivity index is 1.52. The number of aryl methyl sites for hydroxylation is 1. The van der Waals surface area contributed by atoms with Crippen molar-refractivity contribution in [1.29, 1.82) is 0 Å². The number of rotatable bonds is 9. The highest BCUT2D eigenvalue weighted by Gasteiger charge is 2.28. The maximum atomic E-state index is 14.1. The number of thiophene rings is 1. The van der Waals surface area contributed by atoms with Gasteiger partial charge in [0.2, 0.25) is 5.89 Å². The number of benzene rings is 1. The molecule has 1 atom stereocenters. The van der Waals surface area contributed by atoms with Crippen LogP contribution in [-0.4, -0.2) is 52.5 Å². The molecule has 0 N–H and O–H groups in total. The summed E-state index contributed by atoms with van der Waals surface area (Å²) in [7, 11) is 1.62. The summed E-state index contributed by atoms with van der Waals surface area (Å²) >= 11 is 1.31. The Bertz CT molecular complexity index is 1690. The SMILES string of the molecule is COc1ccccc1[C@H](Cn1c(=O)n(CC2=NN=CC2)c(=O)c2c(C)c(-c3ncco3)sc21)OC1CCOCC1. The standard InChI is InChI=1S/C28H29N5O6S/c1-17-23-26(34)32(15-18-7-10-30-31-18)28(35)33(27(23)40-24(17)25-29-11-14-38-25)16-22(39-19-8-12-37-13-9-19)20-5-3-4-6-21(20)36-2/h3-6,10-11,14,19,22H,7-9,12-13,15-16H2,1-2H3/t22-/m0/s1. The fourth-order valence-corrected chi connectivity index (χ4v) is 6.42. The van der Waals surface area contributed by atoms with Gasteiger partial charge in [0.25, 0.3) is 5.56 Å². The van der Waals surface area contributed by atoms with E-state index in [0.717, 1.165) is 18.4 Å². The van der Waals surface area contributed by atoms with Crippen LogP contribution in [0.5, 0.6) is 5.75 Å². The normalized spacial score (nSPS) is 16.5. The highest BCUT2D eigenvalue weighted by atomic mass is 32.1. The van der Waals surface area contributed by atoms with E-state index in [1.807, 2.05) is 31.2 Å². The van der Waals surface area contributed by atoms with E-state index >= 15 is 0 Å². The maximum absolute atomic E-state index is 14.1. The summed E-state index contributed by atoms with van der Waals surface area (Å²) in [6.45, 7) is 3.31. The predicted molar refractivity (Wildman–Crippen MR) is 152 cm³/mol. The van der Waals surface area contributed by atoms with Crippen molar-refractivity contribution in [2.75, 3.05) is 20.3 Å². The number of para-hydroxylation sites is 1. The van der Waals surface area contributed by atoms with Gasteiger partial charge in [-0.25, -0.2) is 9.78 Å². The second-order valence-corrected chi connectivity index (χ2v) is 10.7. The van der Waals surface area contributed by atoms with Crippen molar-refractivity contribution in [2.45, 2.75) is 51.5 Å². The molecule has 40 heavy (non-hydrogen) atoms. The maximum Gasteiger partial charge on any atom is 0.332 e. The molecule has 0 unspecified atom stereocenters.